The lowest BCUT2D eigenvalue weighted by atomic mass is 10.0. The number of ketones is 1. The van der Waals surface area contributed by atoms with Gasteiger partial charge in [-0.3, -0.25) is 9.36 Å². The molecule has 0 amide bonds. The summed E-state index contributed by atoms with van der Waals surface area (Å²) in [6, 6.07) is 9.70. The molecule has 0 heterocycles. The van der Waals surface area contributed by atoms with Gasteiger partial charge in [0.1, 0.15) is 5.78 Å². The predicted molar refractivity (Wildman–Crippen MR) is 123 cm³/mol. The summed E-state index contributed by atoms with van der Waals surface area (Å²) < 4.78 is 11.6. The molecule has 0 radical (unpaired) electrons. The van der Waals surface area contributed by atoms with Gasteiger partial charge in [0.15, 0.2) is 0 Å². The van der Waals surface area contributed by atoms with Crippen LogP contribution in [0.3, 0.4) is 0 Å². The van der Waals surface area contributed by atoms with E-state index in [9.17, 15) is 24.5 Å². The number of carbonyl (C=O) groups is 1. The summed E-state index contributed by atoms with van der Waals surface area (Å²) >= 11 is 3.01. The lowest BCUT2D eigenvalue weighted by Gasteiger charge is -2.18. The van der Waals surface area contributed by atoms with E-state index in [1.807, 2.05) is 30.3 Å². The van der Waals surface area contributed by atoms with Gasteiger partial charge < -0.3 is 15.1 Å². The summed E-state index contributed by atoms with van der Waals surface area (Å²) in [4.78, 5) is 21.8. The van der Waals surface area contributed by atoms with Gasteiger partial charge in [-0.1, -0.05) is 49.4 Å². The molecule has 5 atom stereocenters. The minimum atomic E-state index is -2.98. The van der Waals surface area contributed by atoms with Crippen LogP contribution in [0.25, 0.3) is 0 Å². The topological polar surface area (TPSA) is 94.8 Å². The van der Waals surface area contributed by atoms with Gasteiger partial charge in [0.25, 0.3) is 0 Å². The minimum Gasteiger partial charge on any atom is -0.392 e. The Kier molecular flexibility index (Phi) is 10.5. The second-order valence-electron chi connectivity index (χ2n) is 7.30. The van der Waals surface area contributed by atoms with Crippen LogP contribution in [-0.4, -0.2) is 61.5 Å². The van der Waals surface area contributed by atoms with E-state index in [1.165, 1.54) is 23.5 Å². The second-order valence-corrected chi connectivity index (χ2v) is 12.7. The number of aliphatic hydroxyl groups excluding tert-OH is 2. The average Bonchev–Trinajstić information content (AvgIpc) is 2.96. The number of rotatable bonds is 12. The van der Waals surface area contributed by atoms with Crippen molar-refractivity contribution in [3.05, 3.63) is 48.0 Å². The van der Waals surface area contributed by atoms with Crippen LogP contribution >= 0.6 is 30.9 Å². The summed E-state index contributed by atoms with van der Waals surface area (Å²) in [5.41, 5.74) is 1.31. The number of Topliss-reactive ketones (excluding diaryl/α,β-unsaturated/α-hetero) is 1. The highest BCUT2D eigenvalue weighted by Gasteiger charge is 2.40. The van der Waals surface area contributed by atoms with Gasteiger partial charge in [0.05, 0.1) is 23.0 Å². The van der Waals surface area contributed by atoms with Gasteiger partial charge in [-0.15, -0.1) is 11.8 Å². The van der Waals surface area contributed by atoms with Crippen molar-refractivity contribution in [2.75, 3.05) is 23.2 Å². The summed E-state index contributed by atoms with van der Waals surface area (Å²) in [7, 11) is -2.98. The molecule has 1 aliphatic carbocycles. The Balaban J connectivity index is 1.79. The van der Waals surface area contributed by atoms with E-state index in [2.05, 4.69) is 0 Å². The summed E-state index contributed by atoms with van der Waals surface area (Å²) in [5, 5.41) is 20.2. The van der Waals surface area contributed by atoms with Crippen molar-refractivity contribution >= 4 is 36.7 Å². The van der Waals surface area contributed by atoms with Gasteiger partial charge in [0.2, 0.25) is 7.37 Å². The summed E-state index contributed by atoms with van der Waals surface area (Å²) in [6.45, 7) is 1.72. The maximum Gasteiger partial charge on any atom is 0.209 e. The first-order valence-corrected chi connectivity index (χ1v) is 14.2. The Morgan fingerprint density at radius 3 is 2.69 bits per heavy atom. The Hall–Kier alpha value is -0.560. The lowest BCUT2D eigenvalue weighted by Crippen LogP contribution is -2.22. The van der Waals surface area contributed by atoms with E-state index < -0.39 is 19.6 Å². The molecule has 1 aromatic carbocycles. The zero-order chi connectivity index (χ0) is 21.3. The van der Waals surface area contributed by atoms with E-state index in [4.69, 9.17) is 0 Å². The number of hydrogen-bond donors (Lipinski definition) is 3. The summed E-state index contributed by atoms with van der Waals surface area (Å²) in [5.74, 6) is 1.29. The standard InChI is InChI=1S/C21H31O5PS2/c1-2-27(25,26)15-28-11-6-12-29-21-18(19(23)14-20(21)24)10-9-17(22)13-16-7-4-3-5-8-16/h3-5,7-10,17-19,21-23H,2,6,11-15H2,1H3,(H,25,26)/b10-9+/t17-,18+,19?,21-/m1/s1. The molecule has 1 aromatic rings. The van der Waals surface area contributed by atoms with Crippen LogP contribution in [-0.2, 0) is 15.8 Å². The monoisotopic (exact) mass is 458 g/mol. The van der Waals surface area contributed by atoms with E-state index in [-0.39, 0.29) is 28.9 Å². The van der Waals surface area contributed by atoms with Crippen molar-refractivity contribution in [1.82, 2.24) is 0 Å². The number of aliphatic hydroxyl groups is 2. The molecular weight excluding hydrogens is 427 g/mol. The first kappa shape index (κ1) is 24.7. The Morgan fingerprint density at radius 1 is 1.28 bits per heavy atom. The zero-order valence-corrected chi connectivity index (χ0v) is 19.2. The van der Waals surface area contributed by atoms with Crippen molar-refractivity contribution in [2.24, 2.45) is 5.92 Å². The normalized spacial score (nSPS) is 25.4. The molecule has 0 aromatic heterocycles. The van der Waals surface area contributed by atoms with E-state index in [0.717, 1.165) is 23.5 Å². The molecule has 2 rings (SSSR count). The molecule has 0 bridgehead atoms. The molecule has 1 saturated carbocycles. The van der Waals surface area contributed by atoms with Crippen LogP contribution < -0.4 is 0 Å². The maximum atomic E-state index is 12.3. The average molecular weight is 459 g/mol. The van der Waals surface area contributed by atoms with Crippen LogP contribution in [0.15, 0.2) is 42.5 Å². The predicted octanol–water partition coefficient (Wildman–Crippen LogP) is 3.57. The zero-order valence-electron chi connectivity index (χ0n) is 16.7. The first-order chi connectivity index (χ1) is 13.8. The van der Waals surface area contributed by atoms with E-state index >= 15 is 0 Å². The van der Waals surface area contributed by atoms with E-state index in [1.54, 1.807) is 19.1 Å². The van der Waals surface area contributed by atoms with Crippen molar-refractivity contribution in [2.45, 2.75) is 43.6 Å². The highest BCUT2D eigenvalue weighted by atomic mass is 32.2. The minimum absolute atomic E-state index is 0.0493. The van der Waals surface area contributed by atoms with Gasteiger partial charge in [-0.05, 0) is 23.5 Å². The lowest BCUT2D eigenvalue weighted by molar-refractivity contribution is -0.117. The molecule has 2 unspecified atom stereocenters. The largest absolute Gasteiger partial charge is 0.392 e. The van der Waals surface area contributed by atoms with Crippen LogP contribution in [0.5, 0.6) is 0 Å². The Bertz CT molecular complexity index is 712. The fourth-order valence-corrected chi connectivity index (χ4v) is 7.42. The Morgan fingerprint density at radius 2 is 2.00 bits per heavy atom. The number of carbonyl (C=O) groups excluding carboxylic acids is 1. The fourth-order valence-electron chi connectivity index (χ4n) is 3.16. The van der Waals surface area contributed by atoms with Gasteiger partial charge in [-0.2, -0.15) is 11.8 Å². The van der Waals surface area contributed by atoms with Crippen LogP contribution in [0.1, 0.15) is 25.3 Å². The molecule has 162 valence electrons. The van der Waals surface area contributed by atoms with Crippen molar-refractivity contribution < 1.29 is 24.5 Å². The van der Waals surface area contributed by atoms with Crippen LogP contribution in [0.2, 0.25) is 0 Å². The smallest absolute Gasteiger partial charge is 0.209 e. The molecule has 1 fully saturated rings. The highest BCUT2D eigenvalue weighted by molar-refractivity contribution is 8.05. The third-order valence-electron chi connectivity index (χ3n) is 4.88. The maximum absolute atomic E-state index is 12.3. The van der Waals surface area contributed by atoms with Crippen molar-refractivity contribution in [1.29, 1.82) is 0 Å². The fraction of sp³-hybridized carbons (Fsp3) is 0.571. The molecule has 8 heteroatoms. The third kappa shape index (κ3) is 8.60. The van der Waals surface area contributed by atoms with Crippen LogP contribution in [0, 0.1) is 5.92 Å². The van der Waals surface area contributed by atoms with Gasteiger partial charge in [-0.25, -0.2) is 0 Å². The van der Waals surface area contributed by atoms with Crippen molar-refractivity contribution in [3.63, 3.8) is 0 Å². The summed E-state index contributed by atoms with van der Waals surface area (Å²) in [6.07, 6.45) is 3.90. The Labute approximate surface area is 181 Å². The number of hydrogen-bond acceptors (Lipinski definition) is 6. The molecule has 1 aliphatic rings. The molecule has 29 heavy (non-hydrogen) atoms. The van der Waals surface area contributed by atoms with Gasteiger partial charge >= 0.3 is 0 Å². The molecule has 0 aliphatic heterocycles. The second kappa shape index (κ2) is 12.3. The van der Waals surface area contributed by atoms with Crippen LogP contribution in [0.4, 0.5) is 0 Å². The SMILES string of the molecule is CCP(=O)(O)CSCCCS[C@H]1C(=O)CC(O)[C@@H]1/C=C/[C@@H](O)Cc1ccccc1. The highest BCUT2D eigenvalue weighted by Crippen LogP contribution is 2.43. The number of thioether (sulfide) groups is 2. The molecule has 0 saturated heterocycles. The van der Waals surface area contributed by atoms with Gasteiger partial charge in [0, 0.05) is 24.9 Å². The quantitative estimate of drug-likeness (QED) is 0.250. The molecule has 5 nitrogen and oxygen atoms in total. The first-order valence-electron chi connectivity index (χ1n) is 9.93. The van der Waals surface area contributed by atoms with Crippen molar-refractivity contribution in [3.8, 4) is 0 Å². The molecule has 0 spiro atoms. The third-order valence-corrected chi connectivity index (χ3v) is 10.3. The molecular formula is C21H31O5PS2. The molecule has 3 N–H and O–H groups in total. The van der Waals surface area contributed by atoms with E-state index in [0.29, 0.717) is 12.6 Å². The number of benzene rings is 1.